The summed E-state index contributed by atoms with van der Waals surface area (Å²) in [6.45, 7) is 8.65. The summed E-state index contributed by atoms with van der Waals surface area (Å²) in [5.41, 5.74) is 1.47. The van der Waals surface area contributed by atoms with Crippen molar-refractivity contribution in [2.45, 2.75) is 52.6 Å². The number of sulfonamides is 1. The first kappa shape index (κ1) is 28.9. The summed E-state index contributed by atoms with van der Waals surface area (Å²) in [6.07, 6.45) is 1.72. The monoisotopic (exact) mass is 547 g/mol. The van der Waals surface area contributed by atoms with Crippen LogP contribution in [-0.2, 0) is 30.0 Å². The van der Waals surface area contributed by atoms with Gasteiger partial charge in [0.2, 0.25) is 10.0 Å². The highest BCUT2D eigenvalue weighted by Gasteiger charge is 2.24. The lowest BCUT2D eigenvalue weighted by molar-refractivity contribution is 0.0945. The summed E-state index contributed by atoms with van der Waals surface area (Å²) >= 11 is 1.41. The first-order chi connectivity index (χ1) is 17.7. The summed E-state index contributed by atoms with van der Waals surface area (Å²) < 4.78 is 30.4. The zero-order valence-electron chi connectivity index (χ0n) is 22.0. The lowest BCUT2D eigenvalue weighted by atomic mass is 10.1. The van der Waals surface area contributed by atoms with E-state index in [0.29, 0.717) is 36.6 Å². The van der Waals surface area contributed by atoms with Crippen molar-refractivity contribution in [1.82, 2.24) is 34.7 Å². The average molecular weight is 548 g/mol. The van der Waals surface area contributed by atoms with E-state index in [1.54, 1.807) is 17.1 Å². The van der Waals surface area contributed by atoms with E-state index in [-0.39, 0.29) is 18.2 Å². The molecule has 10 nitrogen and oxygen atoms in total. The molecular formula is C25H37N7O3S2. The quantitative estimate of drug-likeness (QED) is 0.300. The second-order valence-corrected chi connectivity index (χ2v) is 11.8. The molecule has 3 aromatic rings. The smallest absolute Gasteiger partial charge is 0.271 e. The molecule has 0 fully saturated rings. The fourth-order valence-electron chi connectivity index (χ4n) is 3.95. The van der Waals surface area contributed by atoms with Crippen LogP contribution < -0.4 is 10.0 Å². The predicted molar refractivity (Wildman–Crippen MR) is 146 cm³/mol. The van der Waals surface area contributed by atoms with E-state index in [1.165, 1.54) is 11.3 Å². The molecule has 202 valence electrons. The fraction of sp³-hybridized carbons (Fsp3) is 0.520. The number of hydrogen-bond acceptors (Lipinski definition) is 8. The molecule has 0 bridgehead atoms. The number of aromatic nitrogens is 4. The maximum absolute atomic E-state index is 13.0. The predicted octanol–water partition coefficient (Wildman–Crippen LogP) is 2.84. The highest BCUT2D eigenvalue weighted by molar-refractivity contribution is 7.89. The Bertz CT molecular complexity index is 1240. The number of benzene rings is 1. The highest BCUT2D eigenvalue weighted by atomic mass is 32.2. The Morgan fingerprint density at radius 1 is 1.16 bits per heavy atom. The maximum atomic E-state index is 13.0. The van der Waals surface area contributed by atoms with Gasteiger partial charge in [-0.25, -0.2) is 23.1 Å². The molecule has 0 aliphatic rings. The van der Waals surface area contributed by atoms with Gasteiger partial charge in [0.15, 0.2) is 5.82 Å². The molecule has 2 N–H and O–H groups in total. The Morgan fingerprint density at radius 2 is 1.89 bits per heavy atom. The van der Waals surface area contributed by atoms with Gasteiger partial charge in [0.25, 0.3) is 5.91 Å². The van der Waals surface area contributed by atoms with Crippen molar-refractivity contribution in [3.8, 4) is 0 Å². The van der Waals surface area contributed by atoms with E-state index >= 15 is 0 Å². The van der Waals surface area contributed by atoms with Crippen molar-refractivity contribution in [2.24, 2.45) is 7.05 Å². The second-order valence-electron chi connectivity index (χ2n) is 8.84. The number of thiazole rings is 1. The van der Waals surface area contributed by atoms with Crippen LogP contribution in [0, 0.1) is 6.92 Å². The van der Waals surface area contributed by atoms with E-state index in [4.69, 9.17) is 0 Å². The zero-order valence-corrected chi connectivity index (χ0v) is 23.6. The molecule has 2 aromatic heterocycles. The Hall–Kier alpha value is -2.67. The molecule has 3 rings (SSSR count). The Morgan fingerprint density at radius 3 is 2.54 bits per heavy atom. The standard InChI is InChI=1S/C25H37N7O3S2/c1-5-32(6-2)15-10-16-37(34,35)30-21(14-13-20-11-8-7-9-12-20)24-28-23(31(4)29-24)17-26-25(33)22-18-36-19(3)27-22/h7-9,11-12,18,21,30H,5-6,10,13-17H2,1-4H3,(H,26,33)/t21-/m1/s1. The minimum absolute atomic E-state index is 0.0359. The number of carbonyl (C=O) groups is 1. The van der Waals surface area contributed by atoms with Crippen LogP contribution in [0.3, 0.4) is 0 Å². The number of carbonyl (C=O) groups excluding carboxylic acids is 1. The number of hydrogen-bond donors (Lipinski definition) is 2. The van der Waals surface area contributed by atoms with Crippen LogP contribution in [0.15, 0.2) is 35.7 Å². The normalized spacial score (nSPS) is 12.7. The van der Waals surface area contributed by atoms with E-state index in [0.717, 1.165) is 30.2 Å². The van der Waals surface area contributed by atoms with Crippen molar-refractivity contribution in [2.75, 3.05) is 25.4 Å². The van der Waals surface area contributed by atoms with Gasteiger partial charge in [-0.15, -0.1) is 11.3 Å². The molecular weight excluding hydrogens is 510 g/mol. The number of rotatable bonds is 15. The number of nitrogens with one attached hydrogen (secondary N) is 2. The van der Waals surface area contributed by atoms with Gasteiger partial charge >= 0.3 is 0 Å². The third-order valence-corrected chi connectivity index (χ3v) is 8.35. The zero-order chi connectivity index (χ0) is 26.8. The van der Waals surface area contributed by atoms with Crippen LogP contribution in [0.4, 0.5) is 0 Å². The molecule has 0 saturated heterocycles. The van der Waals surface area contributed by atoms with E-state index in [2.05, 4.69) is 43.9 Å². The van der Waals surface area contributed by atoms with E-state index < -0.39 is 16.1 Å². The SMILES string of the molecule is CCN(CC)CCCS(=O)(=O)N[C@H](CCc1ccccc1)c1nc(CNC(=O)c2csc(C)n2)n(C)n1. The van der Waals surface area contributed by atoms with Gasteiger partial charge in [-0.2, -0.15) is 5.10 Å². The van der Waals surface area contributed by atoms with Gasteiger partial charge in [-0.05, 0) is 51.4 Å². The molecule has 0 radical (unpaired) electrons. The Kier molecular flexibility index (Phi) is 10.7. The van der Waals surface area contributed by atoms with E-state index in [1.807, 2.05) is 37.3 Å². The van der Waals surface area contributed by atoms with Gasteiger partial charge in [0.05, 0.1) is 23.3 Å². The minimum atomic E-state index is -3.55. The molecule has 2 heterocycles. The number of amides is 1. The van der Waals surface area contributed by atoms with Crippen molar-refractivity contribution in [3.63, 3.8) is 0 Å². The average Bonchev–Trinajstić information content (AvgIpc) is 3.49. The Labute approximate surface area is 223 Å². The highest BCUT2D eigenvalue weighted by Crippen LogP contribution is 2.19. The van der Waals surface area contributed by atoms with E-state index in [9.17, 15) is 13.2 Å². The molecule has 0 saturated carbocycles. The lowest BCUT2D eigenvalue weighted by Gasteiger charge is -2.19. The topological polar surface area (TPSA) is 122 Å². The molecule has 12 heteroatoms. The number of aryl methyl sites for hydroxylation is 3. The van der Waals surface area contributed by atoms with Crippen LogP contribution in [0.2, 0.25) is 0 Å². The van der Waals surface area contributed by atoms with Crippen LogP contribution in [0.1, 0.15) is 65.4 Å². The third-order valence-electron chi connectivity index (χ3n) is 6.11. The van der Waals surface area contributed by atoms with Crippen molar-refractivity contribution < 1.29 is 13.2 Å². The van der Waals surface area contributed by atoms with Crippen molar-refractivity contribution in [3.05, 3.63) is 63.6 Å². The molecule has 0 aliphatic carbocycles. The first-order valence-electron chi connectivity index (χ1n) is 12.6. The maximum Gasteiger partial charge on any atom is 0.271 e. The lowest BCUT2D eigenvalue weighted by Crippen LogP contribution is -2.33. The van der Waals surface area contributed by atoms with Crippen LogP contribution in [-0.4, -0.2) is 64.4 Å². The van der Waals surface area contributed by atoms with Crippen molar-refractivity contribution in [1.29, 1.82) is 0 Å². The molecule has 37 heavy (non-hydrogen) atoms. The largest absolute Gasteiger partial charge is 0.343 e. The van der Waals surface area contributed by atoms with Gasteiger partial charge in [0.1, 0.15) is 11.5 Å². The molecule has 0 aliphatic heterocycles. The molecule has 1 amide bonds. The van der Waals surface area contributed by atoms with Gasteiger partial charge in [-0.3, -0.25) is 9.48 Å². The summed E-state index contributed by atoms with van der Waals surface area (Å²) in [6, 6.07) is 9.32. The van der Waals surface area contributed by atoms with Gasteiger partial charge in [-0.1, -0.05) is 44.2 Å². The Balaban J connectivity index is 1.71. The fourth-order valence-corrected chi connectivity index (χ4v) is 5.82. The van der Waals surface area contributed by atoms with Crippen LogP contribution >= 0.6 is 11.3 Å². The molecule has 1 atom stereocenters. The molecule has 0 unspecified atom stereocenters. The third kappa shape index (κ3) is 8.99. The second kappa shape index (κ2) is 13.8. The van der Waals surface area contributed by atoms with Crippen molar-refractivity contribution >= 4 is 27.3 Å². The van der Waals surface area contributed by atoms with Gasteiger partial charge in [0, 0.05) is 12.4 Å². The summed E-state index contributed by atoms with van der Waals surface area (Å²) in [5.74, 6) is 0.664. The molecule has 1 aromatic carbocycles. The van der Waals surface area contributed by atoms with Crippen LogP contribution in [0.25, 0.3) is 0 Å². The van der Waals surface area contributed by atoms with Gasteiger partial charge < -0.3 is 10.2 Å². The minimum Gasteiger partial charge on any atom is -0.343 e. The molecule has 0 spiro atoms. The first-order valence-corrected chi connectivity index (χ1v) is 15.1. The van der Waals surface area contributed by atoms with Crippen LogP contribution in [0.5, 0.6) is 0 Å². The summed E-state index contributed by atoms with van der Waals surface area (Å²) in [4.78, 5) is 23.4. The summed E-state index contributed by atoms with van der Waals surface area (Å²) in [7, 11) is -1.82. The number of nitrogens with zero attached hydrogens (tertiary/aromatic N) is 5. The summed E-state index contributed by atoms with van der Waals surface area (Å²) in [5, 5.41) is 9.84.